The van der Waals surface area contributed by atoms with Crippen LogP contribution in [0.1, 0.15) is 31.1 Å². The van der Waals surface area contributed by atoms with Gasteiger partial charge >= 0.3 is 6.09 Å². The van der Waals surface area contributed by atoms with E-state index in [0.29, 0.717) is 5.56 Å². The molecule has 0 saturated carbocycles. The van der Waals surface area contributed by atoms with Crippen molar-refractivity contribution in [3.05, 3.63) is 36.0 Å². The van der Waals surface area contributed by atoms with Crippen LogP contribution in [0.4, 0.5) is 4.79 Å². The molecule has 3 N–H and O–H groups in total. The Balaban J connectivity index is 2.02. The average molecular weight is 275 g/mol. The van der Waals surface area contributed by atoms with Crippen molar-refractivity contribution in [3.8, 4) is 0 Å². The number of ether oxygens (including phenoxy) is 1. The number of amides is 2. The van der Waals surface area contributed by atoms with E-state index in [0.717, 1.165) is 10.9 Å². The maximum atomic E-state index is 12.0. The molecule has 6 nitrogen and oxygen atoms in total. The van der Waals surface area contributed by atoms with Crippen LogP contribution in [0, 0.1) is 0 Å². The number of aromatic amines is 1. The highest BCUT2D eigenvalue weighted by molar-refractivity contribution is 6.05. The lowest BCUT2D eigenvalue weighted by molar-refractivity contribution is 0.0483. The van der Waals surface area contributed by atoms with Gasteiger partial charge < -0.3 is 9.72 Å². The standard InChI is InChI=1S/C14H17N3O3/c1-14(2,3)20-13(19)17-16-12(18)10-6-4-5-9-7-8-15-11(9)10/h4-8,15H,1-3H3,(H,16,18)(H,17,19). The van der Waals surface area contributed by atoms with Crippen molar-refractivity contribution < 1.29 is 14.3 Å². The van der Waals surface area contributed by atoms with Gasteiger partial charge in [-0.3, -0.25) is 10.2 Å². The molecule has 2 aromatic rings. The molecule has 6 heteroatoms. The van der Waals surface area contributed by atoms with Crippen molar-refractivity contribution in [3.63, 3.8) is 0 Å². The minimum absolute atomic E-state index is 0.413. The van der Waals surface area contributed by atoms with Crippen LogP contribution < -0.4 is 10.9 Å². The van der Waals surface area contributed by atoms with E-state index < -0.39 is 17.6 Å². The van der Waals surface area contributed by atoms with Crippen LogP contribution in [0.2, 0.25) is 0 Å². The molecule has 0 aliphatic rings. The van der Waals surface area contributed by atoms with E-state index in [4.69, 9.17) is 4.74 Å². The summed E-state index contributed by atoms with van der Waals surface area (Å²) in [5.74, 6) is -0.413. The fraction of sp³-hybridized carbons (Fsp3) is 0.286. The largest absolute Gasteiger partial charge is 0.443 e. The highest BCUT2D eigenvalue weighted by Crippen LogP contribution is 2.16. The van der Waals surface area contributed by atoms with Crippen LogP contribution in [0.3, 0.4) is 0 Å². The van der Waals surface area contributed by atoms with E-state index in [1.165, 1.54) is 0 Å². The SMILES string of the molecule is CC(C)(C)OC(=O)NNC(=O)c1cccc2cc[nH]c12. The zero-order chi connectivity index (χ0) is 14.8. The minimum Gasteiger partial charge on any atom is -0.443 e. The van der Waals surface area contributed by atoms with Crippen LogP contribution in [0.15, 0.2) is 30.5 Å². The summed E-state index contributed by atoms with van der Waals surface area (Å²) in [6.45, 7) is 5.23. The van der Waals surface area contributed by atoms with Crippen molar-refractivity contribution in [1.29, 1.82) is 0 Å². The van der Waals surface area contributed by atoms with Gasteiger partial charge in [-0.15, -0.1) is 0 Å². The number of carbonyl (C=O) groups excluding carboxylic acids is 2. The Bertz CT molecular complexity index is 640. The van der Waals surface area contributed by atoms with Crippen LogP contribution in [-0.4, -0.2) is 22.6 Å². The molecule has 1 aromatic carbocycles. The molecule has 1 aromatic heterocycles. The zero-order valence-corrected chi connectivity index (χ0v) is 11.6. The Labute approximate surface area is 116 Å². The third-order valence-electron chi connectivity index (χ3n) is 2.51. The molecule has 0 unspecified atom stereocenters. The van der Waals surface area contributed by atoms with Gasteiger partial charge in [0.2, 0.25) is 0 Å². The predicted molar refractivity (Wildman–Crippen MR) is 75.1 cm³/mol. The van der Waals surface area contributed by atoms with Gasteiger partial charge in [0, 0.05) is 11.6 Å². The van der Waals surface area contributed by atoms with Crippen LogP contribution >= 0.6 is 0 Å². The number of hydrazine groups is 1. The maximum Gasteiger partial charge on any atom is 0.426 e. The number of fused-ring (bicyclic) bond motifs is 1. The van der Waals surface area contributed by atoms with Gasteiger partial charge in [-0.05, 0) is 32.9 Å². The van der Waals surface area contributed by atoms with Crippen LogP contribution in [0.25, 0.3) is 10.9 Å². The Hall–Kier alpha value is -2.50. The van der Waals surface area contributed by atoms with E-state index >= 15 is 0 Å². The van der Waals surface area contributed by atoms with Crippen LogP contribution in [-0.2, 0) is 4.74 Å². The van der Waals surface area contributed by atoms with Crippen molar-refractivity contribution in [2.75, 3.05) is 0 Å². The molecular weight excluding hydrogens is 258 g/mol. The normalized spacial score (nSPS) is 11.2. The average Bonchev–Trinajstić information content (AvgIpc) is 2.81. The lowest BCUT2D eigenvalue weighted by atomic mass is 10.1. The van der Waals surface area contributed by atoms with Crippen molar-refractivity contribution >= 4 is 22.9 Å². The number of rotatable bonds is 1. The van der Waals surface area contributed by atoms with Crippen molar-refractivity contribution in [2.24, 2.45) is 0 Å². The van der Waals surface area contributed by atoms with Gasteiger partial charge in [0.1, 0.15) is 5.60 Å². The van der Waals surface area contributed by atoms with Crippen molar-refractivity contribution in [1.82, 2.24) is 15.8 Å². The van der Waals surface area contributed by atoms with E-state index in [1.54, 1.807) is 39.1 Å². The Morgan fingerprint density at radius 2 is 1.90 bits per heavy atom. The molecule has 0 radical (unpaired) electrons. The molecule has 0 bridgehead atoms. The minimum atomic E-state index is -0.704. The molecule has 1 heterocycles. The molecular formula is C14H17N3O3. The second-order valence-electron chi connectivity index (χ2n) is 5.33. The number of aromatic nitrogens is 1. The zero-order valence-electron chi connectivity index (χ0n) is 11.6. The number of hydrogen-bond donors (Lipinski definition) is 3. The van der Waals surface area contributed by atoms with E-state index in [1.807, 2.05) is 12.1 Å². The number of carbonyl (C=O) groups is 2. The number of H-pyrrole nitrogens is 1. The monoisotopic (exact) mass is 275 g/mol. The molecule has 0 saturated heterocycles. The van der Waals surface area contributed by atoms with E-state index in [-0.39, 0.29) is 0 Å². The van der Waals surface area contributed by atoms with Gasteiger partial charge in [-0.2, -0.15) is 0 Å². The van der Waals surface area contributed by atoms with Gasteiger partial charge in [0.15, 0.2) is 0 Å². The van der Waals surface area contributed by atoms with Gasteiger partial charge in [0.05, 0.1) is 11.1 Å². The molecule has 0 aliphatic heterocycles. The highest BCUT2D eigenvalue weighted by Gasteiger charge is 2.17. The van der Waals surface area contributed by atoms with Gasteiger partial charge in [-0.25, -0.2) is 10.2 Å². The number of para-hydroxylation sites is 1. The Morgan fingerprint density at radius 1 is 1.15 bits per heavy atom. The first-order valence-corrected chi connectivity index (χ1v) is 6.22. The smallest absolute Gasteiger partial charge is 0.426 e. The topological polar surface area (TPSA) is 83.2 Å². The fourth-order valence-electron chi connectivity index (χ4n) is 1.75. The first-order valence-electron chi connectivity index (χ1n) is 6.22. The maximum absolute atomic E-state index is 12.0. The summed E-state index contributed by atoms with van der Waals surface area (Å²) < 4.78 is 5.02. The summed E-state index contributed by atoms with van der Waals surface area (Å²) in [5, 5.41) is 0.926. The number of nitrogens with one attached hydrogen (secondary N) is 3. The molecule has 2 amide bonds. The molecule has 0 aliphatic carbocycles. The third kappa shape index (κ3) is 3.28. The summed E-state index contributed by atoms with van der Waals surface area (Å²) >= 11 is 0. The molecule has 0 atom stereocenters. The van der Waals surface area contributed by atoms with Crippen LogP contribution in [0.5, 0.6) is 0 Å². The summed E-state index contributed by atoms with van der Waals surface area (Å²) in [6.07, 6.45) is 1.05. The molecule has 0 fully saturated rings. The Morgan fingerprint density at radius 3 is 2.60 bits per heavy atom. The van der Waals surface area contributed by atoms with Crippen molar-refractivity contribution in [2.45, 2.75) is 26.4 Å². The summed E-state index contributed by atoms with van der Waals surface area (Å²) in [4.78, 5) is 26.5. The Kier molecular flexibility index (Phi) is 3.65. The third-order valence-corrected chi connectivity index (χ3v) is 2.51. The summed E-state index contributed by atoms with van der Waals surface area (Å²) in [5.41, 5.74) is 5.09. The number of benzene rings is 1. The second kappa shape index (κ2) is 5.24. The highest BCUT2D eigenvalue weighted by atomic mass is 16.6. The van der Waals surface area contributed by atoms with Gasteiger partial charge in [0.25, 0.3) is 5.91 Å². The van der Waals surface area contributed by atoms with E-state index in [2.05, 4.69) is 15.8 Å². The first-order chi connectivity index (χ1) is 9.37. The fourth-order valence-corrected chi connectivity index (χ4v) is 1.75. The summed E-state index contributed by atoms with van der Waals surface area (Å²) in [6, 6.07) is 7.21. The van der Waals surface area contributed by atoms with E-state index in [9.17, 15) is 9.59 Å². The number of hydrogen-bond acceptors (Lipinski definition) is 3. The summed E-state index contributed by atoms with van der Waals surface area (Å²) in [7, 11) is 0. The quantitative estimate of drug-likeness (QED) is 0.698. The first kappa shape index (κ1) is 13.9. The van der Waals surface area contributed by atoms with Gasteiger partial charge in [-0.1, -0.05) is 12.1 Å². The molecule has 20 heavy (non-hydrogen) atoms. The second-order valence-corrected chi connectivity index (χ2v) is 5.33. The lowest BCUT2D eigenvalue weighted by Gasteiger charge is -2.19. The lowest BCUT2D eigenvalue weighted by Crippen LogP contribution is -2.44. The molecule has 106 valence electrons. The molecule has 0 spiro atoms. The predicted octanol–water partition coefficient (Wildman–Crippen LogP) is 2.34. The molecule has 2 rings (SSSR count).